The zero-order valence-electron chi connectivity index (χ0n) is 13.6. The first-order valence-corrected chi connectivity index (χ1v) is 7.63. The van der Waals surface area contributed by atoms with Crippen molar-refractivity contribution < 1.29 is 4.79 Å². The molecule has 23 heavy (non-hydrogen) atoms. The molecule has 0 unspecified atom stereocenters. The fourth-order valence-corrected chi connectivity index (χ4v) is 2.61. The molecule has 118 valence electrons. The van der Waals surface area contributed by atoms with Gasteiger partial charge in [0.15, 0.2) is 0 Å². The number of nitrogens with one attached hydrogen (secondary N) is 1. The number of hydrogen-bond donors (Lipinski definition) is 1. The fourth-order valence-electron chi connectivity index (χ4n) is 2.61. The van der Waals surface area contributed by atoms with Gasteiger partial charge in [0, 0.05) is 5.69 Å². The van der Waals surface area contributed by atoms with Crippen molar-refractivity contribution in [1.82, 2.24) is 15.0 Å². The molecule has 0 radical (unpaired) electrons. The van der Waals surface area contributed by atoms with Gasteiger partial charge in [0.1, 0.15) is 12.1 Å². The Morgan fingerprint density at radius 1 is 1.09 bits per heavy atom. The molecule has 0 bridgehead atoms. The standard InChI is InChI=1S/C18H20N4O/c1-18(2,3)13-8-4-5-9-14(13)19-17(23)12-22-16-11-7-6-10-15(16)20-21-22/h4-11H,12H2,1-3H3,(H,19,23). The van der Waals surface area contributed by atoms with Crippen molar-refractivity contribution in [1.29, 1.82) is 0 Å². The lowest BCUT2D eigenvalue weighted by molar-refractivity contribution is -0.116. The average Bonchev–Trinajstić information content (AvgIpc) is 2.90. The van der Waals surface area contributed by atoms with Gasteiger partial charge in [0.05, 0.1) is 5.52 Å². The van der Waals surface area contributed by atoms with Gasteiger partial charge in [-0.2, -0.15) is 0 Å². The number of anilines is 1. The van der Waals surface area contributed by atoms with Gasteiger partial charge in [-0.25, -0.2) is 4.68 Å². The number of amides is 1. The highest BCUT2D eigenvalue weighted by Gasteiger charge is 2.19. The van der Waals surface area contributed by atoms with E-state index in [0.717, 1.165) is 22.3 Å². The van der Waals surface area contributed by atoms with Crippen molar-refractivity contribution in [3.8, 4) is 0 Å². The zero-order valence-corrected chi connectivity index (χ0v) is 13.6. The summed E-state index contributed by atoms with van der Waals surface area (Å²) in [6.07, 6.45) is 0. The van der Waals surface area contributed by atoms with Crippen LogP contribution in [0.5, 0.6) is 0 Å². The Morgan fingerprint density at radius 3 is 2.57 bits per heavy atom. The molecule has 0 aliphatic carbocycles. The van der Waals surface area contributed by atoms with Gasteiger partial charge in [-0.3, -0.25) is 4.79 Å². The summed E-state index contributed by atoms with van der Waals surface area (Å²) in [5.41, 5.74) is 3.55. The highest BCUT2D eigenvalue weighted by molar-refractivity contribution is 5.92. The van der Waals surface area contributed by atoms with Crippen molar-refractivity contribution in [2.75, 3.05) is 5.32 Å². The molecule has 5 heteroatoms. The second-order valence-electron chi connectivity index (χ2n) is 6.58. The molecule has 0 saturated carbocycles. The van der Waals surface area contributed by atoms with Gasteiger partial charge in [0.2, 0.25) is 5.91 Å². The maximum atomic E-state index is 12.4. The van der Waals surface area contributed by atoms with Crippen molar-refractivity contribution in [2.24, 2.45) is 0 Å². The van der Waals surface area contributed by atoms with Crippen LogP contribution in [0.3, 0.4) is 0 Å². The Balaban J connectivity index is 1.81. The van der Waals surface area contributed by atoms with Crippen LogP contribution < -0.4 is 5.32 Å². The van der Waals surface area contributed by atoms with Crippen LogP contribution in [-0.4, -0.2) is 20.9 Å². The molecule has 0 saturated heterocycles. The van der Waals surface area contributed by atoms with Crippen molar-refractivity contribution in [2.45, 2.75) is 32.7 Å². The first kappa shape index (κ1) is 15.2. The van der Waals surface area contributed by atoms with Gasteiger partial charge in [-0.15, -0.1) is 5.10 Å². The van der Waals surface area contributed by atoms with E-state index in [0.29, 0.717) is 0 Å². The number of hydrogen-bond acceptors (Lipinski definition) is 3. The summed E-state index contributed by atoms with van der Waals surface area (Å²) in [5, 5.41) is 11.1. The summed E-state index contributed by atoms with van der Waals surface area (Å²) in [4.78, 5) is 12.4. The summed E-state index contributed by atoms with van der Waals surface area (Å²) in [6.45, 7) is 6.52. The van der Waals surface area contributed by atoms with Gasteiger partial charge in [0.25, 0.3) is 0 Å². The van der Waals surface area contributed by atoms with E-state index in [1.807, 2.05) is 48.5 Å². The number of rotatable bonds is 3. The summed E-state index contributed by atoms with van der Waals surface area (Å²) in [5.74, 6) is -0.114. The molecule has 3 aromatic rings. The lowest BCUT2D eigenvalue weighted by Crippen LogP contribution is -2.22. The molecule has 0 atom stereocenters. The van der Waals surface area contributed by atoms with E-state index in [9.17, 15) is 4.79 Å². The van der Waals surface area contributed by atoms with E-state index in [2.05, 4.69) is 36.4 Å². The van der Waals surface area contributed by atoms with E-state index in [-0.39, 0.29) is 17.9 Å². The molecule has 1 heterocycles. The summed E-state index contributed by atoms with van der Waals surface area (Å²) in [7, 11) is 0. The summed E-state index contributed by atoms with van der Waals surface area (Å²) >= 11 is 0. The Morgan fingerprint density at radius 2 is 1.78 bits per heavy atom. The smallest absolute Gasteiger partial charge is 0.246 e. The van der Waals surface area contributed by atoms with Crippen LogP contribution in [0.2, 0.25) is 0 Å². The first-order chi connectivity index (χ1) is 10.9. The highest BCUT2D eigenvalue weighted by Crippen LogP contribution is 2.29. The maximum Gasteiger partial charge on any atom is 0.246 e. The number of benzene rings is 2. The number of carbonyl (C=O) groups excluding carboxylic acids is 1. The van der Waals surface area contributed by atoms with E-state index in [4.69, 9.17) is 0 Å². The van der Waals surface area contributed by atoms with Crippen molar-refractivity contribution in [3.05, 3.63) is 54.1 Å². The van der Waals surface area contributed by atoms with Gasteiger partial charge < -0.3 is 5.32 Å². The molecule has 3 rings (SSSR count). The topological polar surface area (TPSA) is 59.8 Å². The molecule has 0 spiro atoms. The minimum Gasteiger partial charge on any atom is -0.324 e. The Bertz CT molecular complexity index is 845. The maximum absolute atomic E-state index is 12.4. The van der Waals surface area contributed by atoms with Crippen molar-refractivity contribution in [3.63, 3.8) is 0 Å². The molecule has 1 N–H and O–H groups in total. The highest BCUT2D eigenvalue weighted by atomic mass is 16.2. The number of para-hydroxylation sites is 2. The summed E-state index contributed by atoms with van der Waals surface area (Å²) in [6, 6.07) is 15.5. The minimum absolute atomic E-state index is 0.0379. The van der Waals surface area contributed by atoms with Gasteiger partial charge in [-0.05, 0) is 29.2 Å². The molecule has 1 amide bonds. The third kappa shape index (κ3) is 3.23. The molecule has 0 aliphatic rings. The van der Waals surface area contributed by atoms with E-state index < -0.39 is 0 Å². The lowest BCUT2D eigenvalue weighted by Gasteiger charge is -2.23. The Hall–Kier alpha value is -2.69. The average molecular weight is 308 g/mol. The number of nitrogens with zero attached hydrogens (tertiary/aromatic N) is 3. The molecule has 2 aromatic carbocycles. The predicted molar refractivity (Wildman–Crippen MR) is 91.3 cm³/mol. The van der Waals surface area contributed by atoms with Crippen LogP contribution in [0, 0.1) is 0 Å². The fraction of sp³-hybridized carbons (Fsp3) is 0.278. The molecule has 5 nitrogen and oxygen atoms in total. The number of carbonyl (C=O) groups is 1. The van der Waals surface area contributed by atoms with Crippen LogP contribution in [-0.2, 0) is 16.8 Å². The van der Waals surface area contributed by atoms with Gasteiger partial charge in [-0.1, -0.05) is 56.3 Å². The second kappa shape index (κ2) is 5.83. The predicted octanol–water partition coefficient (Wildman–Crippen LogP) is 3.37. The first-order valence-electron chi connectivity index (χ1n) is 7.63. The zero-order chi connectivity index (χ0) is 16.4. The quantitative estimate of drug-likeness (QED) is 0.807. The molecular weight excluding hydrogens is 288 g/mol. The van der Waals surface area contributed by atoms with Crippen LogP contribution in [0.15, 0.2) is 48.5 Å². The monoisotopic (exact) mass is 308 g/mol. The summed E-state index contributed by atoms with van der Waals surface area (Å²) < 4.78 is 1.62. The Kier molecular flexibility index (Phi) is 3.86. The molecular formula is C18H20N4O. The van der Waals surface area contributed by atoms with Crippen LogP contribution in [0.25, 0.3) is 11.0 Å². The van der Waals surface area contributed by atoms with E-state index in [1.165, 1.54) is 0 Å². The lowest BCUT2D eigenvalue weighted by atomic mass is 9.86. The normalized spacial score (nSPS) is 11.6. The van der Waals surface area contributed by atoms with Gasteiger partial charge >= 0.3 is 0 Å². The molecule has 1 aromatic heterocycles. The Labute approximate surface area is 135 Å². The SMILES string of the molecule is CC(C)(C)c1ccccc1NC(=O)Cn1nnc2ccccc21. The van der Waals surface area contributed by atoms with Crippen LogP contribution in [0.1, 0.15) is 26.3 Å². The minimum atomic E-state index is -0.114. The van der Waals surface area contributed by atoms with Crippen molar-refractivity contribution >= 4 is 22.6 Å². The third-order valence-corrected chi connectivity index (χ3v) is 3.72. The second-order valence-corrected chi connectivity index (χ2v) is 6.58. The van der Waals surface area contributed by atoms with Crippen LogP contribution in [0.4, 0.5) is 5.69 Å². The molecule has 0 aliphatic heterocycles. The third-order valence-electron chi connectivity index (χ3n) is 3.72. The largest absolute Gasteiger partial charge is 0.324 e. The van der Waals surface area contributed by atoms with E-state index >= 15 is 0 Å². The van der Waals surface area contributed by atoms with Crippen LogP contribution >= 0.6 is 0 Å². The number of fused-ring (bicyclic) bond motifs is 1. The number of aromatic nitrogens is 3. The van der Waals surface area contributed by atoms with E-state index in [1.54, 1.807) is 4.68 Å². The molecule has 0 fully saturated rings.